The number of carbonyl (C=O) groups is 1. The van der Waals surface area contributed by atoms with E-state index in [1.807, 2.05) is 18.3 Å². The zero-order valence-corrected chi connectivity index (χ0v) is 11.4. The highest BCUT2D eigenvalue weighted by Crippen LogP contribution is 2.31. The Balaban J connectivity index is 1.77. The van der Waals surface area contributed by atoms with Gasteiger partial charge in [-0.25, -0.2) is 4.79 Å². The summed E-state index contributed by atoms with van der Waals surface area (Å²) >= 11 is 0. The molecule has 20 heavy (non-hydrogen) atoms. The quantitative estimate of drug-likeness (QED) is 0.852. The SMILES string of the molecule is Cc1ccc(C2=NC3(CCN(C(=O)O)CC3)N=C2)cc1. The first kappa shape index (κ1) is 12.8. The molecule has 1 N–H and O–H groups in total. The molecule has 0 atom stereocenters. The van der Waals surface area contributed by atoms with Crippen LogP contribution in [0.5, 0.6) is 0 Å². The van der Waals surface area contributed by atoms with Crippen molar-refractivity contribution in [2.75, 3.05) is 13.1 Å². The summed E-state index contributed by atoms with van der Waals surface area (Å²) in [6.07, 6.45) is 2.28. The van der Waals surface area contributed by atoms with Crippen molar-refractivity contribution in [1.29, 1.82) is 0 Å². The van der Waals surface area contributed by atoms with Crippen molar-refractivity contribution < 1.29 is 9.90 Å². The lowest BCUT2D eigenvalue weighted by Crippen LogP contribution is -2.43. The summed E-state index contributed by atoms with van der Waals surface area (Å²) < 4.78 is 0. The Morgan fingerprint density at radius 2 is 1.90 bits per heavy atom. The predicted octanol–water partition coefficient (Wildman–Crippen LogP) is 2.34. The fraction of sp³-hybridized carbons (Fsp3) is 0.400. The number of amides is 1. The molecule has 5 heteroatoms. The molecule has 1 amide bonds. The van der Waals surface area contributed by atoms with Gasteiger partial charge < -0.3 is 10.0 Å². The molecule has 0 aromatic heterocycles. The maximum Gasteiger partial charge on any atom is 0.407 e. The number of hydrogen-bond acceptors (Lipinski definition) is 3. The van der Waals surface area contributed by atoms with Crippen LogP contribution in [0, 0.1) is 6.92 Å². The zero-order valence-electron chi connectivity index (χ0n) is 11.4. The van der Waals surface area contributed by atoms with E-state index >= 15 is 0 Å². The molecule has 1 spiro atoms. The lowest BCUT2D eigenvalue weighted by atomic mass is 9.99. The van der Waals surface area contributed by atoms with E-state index < -0.39 is 11.8 Å². The normalized spacial score (nSPS) is 20.2. The van der Waals surface area contributed by atoms with Gasteiger partial charge in [0.05, 0.1) is 11.9 Å². The summed E-state index contributed by atoms with van der Waals surface area (Å²) in [6.45, 7) is 3.05. The number of aryl methyl sites for hydroxylation is 1. The van der Waals surface area contributed by atoms with Gasteiger partial charge in [0.25, 0.3) is 0 Å². The number of likely N-dealkylation sites (tertiary alicyclic amines) is 1. The molecule has 0 bridgehead atoms. The molecule has 1 aromatic carbocycles. The molecule has 1 saturated heterocycles. The first-order chi connectivity index (χ1) is 9.58. The Morgan fingerprint density at radius 3 is 2.50 bits per heavy atom. The van der Waals surface area contributed by atoms with Gasteiger partial charge in [-0.15, -0.1) is 0 Å². The average molecular weight is 271 g/mol. The van der Waals surface area contributed by atoms with Crippen LogP contribution in [0.3, 0.4) is 0 Å². The van der Waals surface area contributed by atoms with Crippen molar-refractivity contribution in [3.05, 3.63) is 35.4 Å². The second kappa shape index (κ2) is 4.74. The minimum absolute atomic E-state index is 0.438. The lowest BCUT2D eigenvalue weighted by molar-refractivity contribution is 0.120. The zero-order chi connectivity index (χ0) is 14.2. The molecule has 104 valence electrons. The van der Waals surface area contributed by atoms with E-state index in [4.69, 9.17) is 10.1 Å². The summed E-state index contributed by atoms with van der Waals surface area (Å²) in [7, 11) is 0. The van der Waals surface area contributed by atoms with Crippen LogP contribution in [-0.2, 0) is 0 Å². The van der Waals surface area contributed by atoms with Crippen molar-refractivity contribution in [1.82, 2.24) is 4.90 Å². The first-order valence-electron chi connectivity index (χ1n) is 6.78. The molecule has 0 saturated carbocycles. The van der Waals surface area contributed by atoms with Crippen molar-refractivity contribution in [3.63, 3.8) is 0 Å². The predicted molar refractivity (Wildman–Crippen MR) is 77.8 cm³/mol. The van der Waals surface area contributed by atoms with Gasteiger partial charge >= 0.3 is 6.09 Å². The van der Waals surface area contributed by atoms with Crippen LogP contribution in [0.25, 0.3) is 0 Å². The number of benzene rings is 1. The van der Waals surface area contributed by atoms with Gasteiger partial charge in [0.2, 0.25) is 0 Å². The number of nitrogens with zero attached hydrogens (tertiary/aromatic N) is 3. The van der Waals surface area contributed by atoms with Crippen LogP contribution < -0.4 is 0 Å². The van der Waals surface area contributed by atoms with E-state index in [-0.39, 0.29) is 0 Å². The topological polar surface area (TPSA) is 65.3 Å². The third-order valence-electron chi connectivity index (χ3n) is 3.94. The molecule has 2 aliphatic rings. The van der Waals surface area contributed by atoms with Crippen molar-refractivity contribution in [3.8, 4) is 0 Å². The van der Waals surface area contributed by atoms with Crippen molar-refractivity contribution in [2.45, 2.75) is 25.4 Å². The molecular weight excluding hydrogens is 254 g/mol. The molecule has 2 aliphatic heterocycles. The molecule has 1 aromatic rings. The first-order valence-corrected chi connectivity index (χ1v) is 6.78. The summed E-state index contributed by atoms with van der Waals surface area (Å²) in [6, 6.07) is 8.21. The van der Waals surface area contributed by atoms with Gasteiger partial charge in [-0.3, -0.25) is 9.98 Å². The van der Waals surface area contributed by atoms with Crippen LogP contribution in [0.15, 0.2) is 34.3 Å². The second-order valence-corrected chi connectivity index (χ2v) is 5.37. The number of piperidine rings is 1. The second-order valence-electron chi connectivity index (χ2n) is 5.37. The van der Waals surface area contributed by atoms with E-state index in [9.17, 15) is 4.79 Å². The maximum absolute atomic E-state index is 10.9. The van der Waals surface area contributed by atoms with E-state index in [1.165, 1.54) is 10.5 Å². The van der Waals surface area contributed by atoms with Crippen LogP contribution in [0.1, 0.15) is 24.0 Å². The van der Waals surface area contributed by atoms with Gasteiger partial charge in [0, 0.05) is 31.5 Å². The smallest absolute Gasteiger partial charge is 0.407 e. The van der Waals surface area contributed by atoms with Gasteiger partial charge in [0.15, 0.2) is 5.66 Å². The van der Waals surface area contributed by atoms with Crippen LogP contribution in [-0.4, -0.2) is 46.8 Å². The monoisotopic (exact) mass is 271 g/mol. The highest BCUT2D eigenvalue weighted by Gasteiger charge is 2.37. The average Bonchev–Trinajstić information content (AvgIpc) is 2.84. The molecule has 0 radical (unpaired) electrons. The van der Waals surface area contributed by atoms with E-state index in [0.717, 1.165) is 11.3 Å². The van der Waals surface area contributed by atoms with Gasteiger partial charge in [0.1, 0.15) is 0 Å². The highest BCUT2D eigenvalue weighted by molar-refractivity contribution is 6.39. The fourth-order valence-corrected chi connectivity index (χ4v) is 2.62. The number of rotatable bonds is 1. The highest BCUT2D eigenvalue weighted by atomic mass is 16.4. The largest absolute Gasteiger partial charge is 0.465 e. The van der Waals surface area contributed by atoms with Gasteiger partial charge in [-0.2, -0.15) is 0 Å². The summed E-state index contributed by atoms with van der Waals surface area (Å²) in [5.41, 5.74) is 2.74. The van der Waals surface area contributed by atoms with E-state index in [1.54, 1.807) is 0 Å². The molecule has 2 heterocycles. The number of hydrogen-bond donors (Lipinski definition) is 1. The Bertz CT molecular complexity index is 582. The van der Waals surface area contributed by atoms with E-state index in [0.29, 0.717) is 25.9 Å². The minimum atomic E-state index is -0.857. The Labute approximate surface area is 117 Å². The maximum atomic E-state index is 10.9. The lowest BCUT2D eigenvalue weighted by Gasteiger charge is -2.33. The molecule has 0 aliphatic carbocycles. The van der Waals surface area contributed by atoms with Crippen LogP contribution >= 0.6 is 0 Å². The number of aliphatic imine (C=N–C) groups is 2. The third-order valence-corrected chi connectivity index (χ3v) is 3.94. The fourth-order valence-electron chi connectivity index (χ4n) is 2.62. The Kier molecular flexibility index (Phi) is 3.04. The molecule has 1 fully saturated rings. The summed E-state index contributed by atoms with van der Waals surface area (Å²) in [5.74, 6) is 0. The van der Waals surface area contributed by atoms with Gasteiger partial charge in [-0.05, 0) is 6.92 Å². The standard InChI is InChI=1S/C15H17N3O2/c1-11-2-4-12(5-3-11)13-10-16-15(17-13)6-8-18(9-7-15)14(19)20/h2-5,10H,6-9H2,1H3,(H,19,20). The van der Waals surface area contributed by atoms with Crippen molar-refractivity contribution >= 4 is 18.0 Å². The Hall–Kier alpha value is -2.17. The summed E-state index contributed by atoms with van der Waals surface area (Å²) in [4.78, 5) is 21.7. The minimum Gasteiger partial charge on any atom is -0.465 e. The molecule has 0 unspecified atom stereocenters. The molecular formula is C15H17N3O2. The molecule has 3 rings (SSSR count). The number of carboxylic acid groups (broad SMARTS) is 1. The third kappa shape index (κ3) is 2.31. The Morgan fingerprint density at radius 1 is 1.25 bits per heavy atom. The van der Waals surface area contributed by atoms with Crippen molar-refractivity contribution in [2.24, 2.45) is 9.98 Å². The molecule has 5 nitrogen and oxygen atoms in total. The van der Waals surface area contributed by atoms with Crippen LogP contribution in [0.4, 0.5) is 4.79 Å². The van der Waals surface area contributed by atoms with Crippen LogP contribution in [0.2, 0.25) is 0 Å². The van der Waals surface area contributed by atoms with E-state index in [2.05, 4.69) is 24.0 Å². The summed E-state index contributed by atoms with van der Waals surface area (Å²) in [5, 5.41) is 8.98. The van der Waals surface area contributed by atoms with Gasteiger partial charge in [-0.1, -0.05) is 29.8 Å².